The highest BCUT2D eigenvalue weighted by atomic mass is 16.6. The number of nitrogens with zero attached hydrogens (tertiary/aromatic N) is 3. The Kier molecular flexibility index (Phi) is 6.70. The van der Waals surface area contributed by atoms with E-state index in [4.69, 9.17) is 0 Å². The zero-order valence-electron chi connectivity index (χ0n) is 18.4. The second-order valence-corrected chi connectivity index (χ2v) is 9.25. The molecule has 0 amide bonds. The predicted molar refractivity (Wildman–Crippen MR) is 123 cm³/mol. The summed E-state index contributed by atoms with van der Waals surface area (Å²) in [5.74, 6) is 0.0790. The molecule has 0 bridgehead atoms. The van der Waals surface area contributed by atoms with E-state index in [2.05, 4.69) is 29.0 Å². The molecule has 2 aromatic carbocycles. The molecule has 2 fully saturated rings. The van der Waals surface area contributed by atoms with Crippen LogP contribution in [-0.2, 0) is 0 Å². The maximum absolute atomic E-state index is 11.6. The number of aliphatic hydroxyl groups is 1. The zero-order chi connectivity index (χ0) is 21.8. The molecule has 4 rings (SSSR count). The minimum Gasteiger partial charge on any atom is -0.389 e. The molecule has 166 valence electrons. The number of hydrogen-bond donors (Lipinski definition) is 1. The number of benzene rings is 2. The van der Waals surface area contributed by atoms with Gasteiger partial charge in [0, 0.05) is 50.8 Å². The van der Waals surface area contributed by atoms with Gasteiger partial charge in [-0.15, -0.1) is 0 Å². The van der Waals surface area contributed by atoms with E-state index in [9.17, 15) is 15.2 Å². The molecular formula is C25H33N3O3. The van der Waals surface area contributed by atoms with Crippen LogP contribution in [0.25, 0.3) is 11.1 Å². The molecule has 1 N–H and O–H groups in total. The molecule has 1 unspecified atom stereocenters. The molecule has 6 heteroatoms. The van der Waals surface area contributed by atoms with Crippen molar-refractivity contribution in [3.63, 3.8) is 0 Å². The van der Waals surface area contributed by atoms with Crippen molar-refractivity contribution in [2.45, 2.75) is 43.6 Å². The van der Waals surface area contributed by atoms with Gasteiger partial charge >= 0.3 is 0 Å². The van der Waals surface area contributed by atoms with Crippen molar-refractivity contribution in [1.82, 2.24) is 9.80 Å². The van der Waals surface area contributed by atoms with Crippen LogP contribution in [0.5, 0.6) is 0 Å². The van der Waals surface area contributed by atoms with Gasteiger partial charge in [-0.05, 0) is 36.6 Å². The number of nitro benzene ring substituents is 1. The normalized spacial score (nSPS) is 21.0. The summed E-state index contributed by atoms with van der Waals surface area (Å²) in [6.07, 6.45) is 5.09. The van der Waals surface area contributed by atoms with Crippen molar-refractivity contribution in [3.8, 4) is 11.1 Å². The van der Waals surface area contributed by atoms with Gasteiger partial charge in [-0.1, -0.05) is 55.7 Å². The Morgan fingerprint density at radius 1 is 1.00 bits per heavy atom. The fourth-order valence-corrected chi connectivity index (χ4v) is 5.09. The molecule has 6 nitrogen and oxygen atoms in total. The van der Waals surface area contributed by atoms with E-state index in [0.29, 0.717) is 0 Å². The third-order valence-corrected chi connectivity index (χ3v) is 7.11. The minimum absolute atomic E-state index is 0.0790. The van der Waals surface area contributed by atoms with Crippen LogP contribution in [0.3, 0.4) is 0 Å². The average molecular weight is 424 g/mol. The third-order valence-electron chi connectivity index (χ3n) is 7.11. The SMILES string of the molecule is CN1CCN(CC(c2ccc(-c3cccc([N+](=O)[O-])c3)cc2)C2(O)CCCCC2)CC1. The van der Waals surface area contributed by atoms with E-state index in [1.807, 2.05) is 18.2 Å². The van der Waals surface area contributed by atoms with E-state index in [0.717, 1.165) is 75.1 Å². The van der Waals surface area contributed by atoms with Gasteiger partial charge in [0.05, 0.1) is 10.5 Å². The fraction of sp³-hybridized carbons (Fsp3) is 0.520. The zero-order valence-corrected chi connectivity index (χ0v) is 18.4. The minimum atomic E-state index is -0.658. The molecule has 1 saturated carbocycles. The summed E-state index contributed by atoms with van der Waals surface area (Å²) in [4.78, 5) is 15.6. The number of nitro groups is 1. The van der Waals surface area contributed by atoms with Gasteiger partial charge in [-0.25, -0.2) is 0 Å². The summed E-state index contributed by atoms with van der Waals surface area (Å²) in [7, 11) is 2.16. The van der Waals surface area contributed by atoms with Gasteiger partial charge in [0.25, 0.3) is 5.69 Å². The molecule has 31 heavy (non-hydrogen) atoms. The van der Waals surface area contributed by atoms with Crippen molar-refractivity contribution < 1.29 is 10.0 Å². The summed E-state index contributed by atoms with van der Waals surface area (Å²) in [5, 5.41) is 22.8. The van der Waals surface area contributed by atoms with Crippen molar-refractivity contribution in [3.05, 3.63) is 64.2 Å². The topological polar surface area (TPSA) is 69.9 Å². The van der Waals surface area contributed by atoms with E-state index in [-0.39, 0.29) is 16.5 Å². The molecule has 2 aliphatic rings. The molecule has 0 spiro atoms. The Hall–Kier alpha value is -2.28. The molecule has 0 radical (unpaired) electrons. The van der Waals surface area contributed by atoms with E-state index < -0.39 is 5.60 Å². The monoisotopic (exact) mass is 423 g/mol. The van der Waals surface area contributed by atoms with Crippen LogP contribution in [0.15, 0.2) is 48.5 Å². The summed E-state index contributed by atoms with van der Waals surface area (Å²) in [6.45, 7) is 5.08. The number of non-ortho nitro benzene ring substituents is 1. The summed E-state index contributed by atoms with van der Waals surface area (Å²) in [6, 6.07) is 15.1. The number of rotatable bonds is 6. The molecule has 1 aliphatic carbocycles. The lowest BCUT2D eigenvalue weighted by molar-refractivity contribution is -0.384. The molecular weight excluding hydrogens is 390 g/mol. The van der Waals surface area contributed by atoms with Gasteiger partial charge in [-0.3, -0.25) is 10.1 Å². The van der Waals surface area contributed by atoms with Crippen LogP contribution < -0.4 is 0 Å². The second kappa shape index (κ2) is 9.47. The number of hydrogen-bond acceptors (Lipinski definition) is 5. The van der Waals surface area contributed by atoms with Crippen LogP contribution in [0.1, 0.15) is 43.6 Å². The first-order valence-corrected chi connectivity index (χ1v) is 11.4. The Morgan fingerprint density at radius 3 is 2.32 bits per heavy atom. The Morgan fingerprint density at radius 2 is 1.68 bits per heavy atom. The molecule has 1 saturated heterocycles. The molecule has 2 aromatic rings. The van der Waals surface area contributed by atoms with Crippen LogP contribution in [0.2, 0.25) is 0 Å². The first-order chi connectivity index (χ1) is 14.9. The molecule has 1 heterocycles. The lowest BCUT2D eigenvalue weighted by Gasteiger charge is -2.43. The Balaban J connectivity index is 1.58. The van der Waals surface area contributed by atoms with Gasteiger partial charge in [0.2, 0.25) is 0 Å². The average Bonchev–Trinajstić information content (AvgIpc) is 2.79. The lowest BCUT2D eigenvalue weighted by Crippen LogP contribution is -2.50. The Bertz CT molecular complexity index is 885. The largest absolute Gasteiger partial charge is 0.389 e. The smallest absolute Gasteiger partial charge is 0.270 e. The van der Waals surface area contributed by atoms with Crippen LogP contribution in [-0.4, -0.2) is 65.2 Å². The summed E-state index contributed by atoms with van der Waals surface area (Å²) in [5.41, 5.74) is 2.41. The lowest BCUT2D eigenvalue weighted by atomic mass is 9.72. The first kappa shape index (κ1) is 21.9. The maximum atomic E-state index is 11.6. The van der Waals surface area contributed by atoms with Crippen LogP contribution >= 0.6 is 0 Å². The van der Waals surface area contributed by atoms with Gasteiger partial charge in [-0.2, -0.15) is 0 Å². The summed E-state index contributed by atoms with van der Waals surface area (Å²) < 4.78 is 0. The van der Waals surface area contributed by atoms with Crippen molar-refractivity contribution in [2.75, 3.05) is 39.8 Å². The maximum Gasteiger partial charge on any atom is 0.270 e. The number of piperazine rings is 1. The van der Waals surface area contributed by atoms with Crippen molar-refractivity contribution in [1.29, 1.82) is 0 Å². The van der Waals surface area contributed by atoms with E-state index in [1.54, 1.807) is 12.1 Å². The van der Waals surface area contributed by atoms with Crippen molar-refractivity contribution >= 4 is 5.69 Å². The molecule has 1 atom stereocenters. The van der Waals surface area contributed by atoms with E-state index in [1.165, 1.54) is 12.5 Å². The molecule has 1 aliphatic heterocycles. The fourth-order valence-electron chi connectivity index (χ4n) is 5.09. The van der Waals surface area contributed by atoms with Gasteiger partial charge in [0.1, 0.15) is 0 Å². The highest BCUT2D eigenvalue weighted by molar-refractivity contribution is 5.66. The van der Waals surface area contributed by atoms with Crippen LogP contribution in [0.4, 0.5) is 5.69 Å². The highest BCUT2D eigenvalue weighted by Crippen LogP contribution is 2.41. The number of likely N-dealkylation sites (N-methyl/N-ethyl adjacent to an activating group) is 1. The van der Waals surface area contributed by atoms with Gasteiger partial charge in [0.15, 0.2) is 0 Å². The standard InChI is InChI=1S/C25H33N3O3/c1-26-14-16-27(17-15-26)19-24(25(29)12-3-2-4-13-25)21-10-8-20(9-11-21)22-6-5-7-23(18-22)28(30)31/h5-11,18,24,29H,2-4,12-17,19H2,1H3. The first-order valence-electron chi connectivity index (χ1n) is 11.4. The summed E-state index contributed by atoms with van der Waals surface area (Å²) >= 11 is 0. The quantitative estimate of drug-likeness (QED) is 0.554. The van der Waals surface area contributed by atoms with Crippen molar-refractivity contribution in [2.24, 2.45) is 0 Å². The Labute approximate surface area is 184 Å². The van der Waals surface area contributed by atoms with Gasteiger partial charge < -0.3 is 14.9 Å². The predicted octanol–water partition coefficient (Wildman–Crippen LogP) is 4.29. The van der Waals surface area contributed by atoms with Crippen LogP contribution in [0, 0.1) is 10.1 Å². The highest BCUT2D eigenvalue weighted by Gasteiger charge is 2.39. The third kappa shape index (κ3) is 5.14. The second-order valence-electron chi connectivity index (χ2n) is 9.25. The van der Waals surface area contributed by atoms with E-state index >= 15 is 0 Å². The molecule has 0 aromatic heterocycles.